The normalized spacial score (nSPS) is 24.3. The minimum absolute atomic E-state index is 0.429. The first kappa shape index (κ1) is 16.5. The standard InChI is InChI=1S/C19H32N2/c1-6-21(18-9-7-17(20)8-10-18)16(5)19-14(3)11-13(2)12-15(19)4/h11-12,16-18H,6-10,20H2,1-5H3. The predicted octanol–water partition coefficient (Wildman–Crippen LogP) is 4.26. The van der Waals surface area contributed by atoms with E-state index in [2.05, 4.69) is 51.7 Å². The summed E-state index contributed by atoms with van der Waals surface area (Å²) in [5.41, 5.74) is 11.8. The fourth-order valence-corrected chi connectivity index (χ4v) is 4.30. The molecule has 0 bridgehead atoms. The number of benzene rings is 1. The van der Waals surface area contributed by atoms with Crippen LogP contribution < -0.4 is 5.73 Å². The van der Waals surface area contributed by atoms with Crippen LogP contribution in [-0.2, 0) is 0 Å². The van der Waals surface area contributed by atoms with E-state index in [9.17, 15) is 0 Å². The van der Waals surface area contributed by atoms with E-state index in [0.29, 0.717) is 18.1 Å². The Balaban J connectivity index is 2.22. The van der Waals surface area contributed by atoms with Gasteiger partial charge in [-0.25, -0.2) is 0 Å². The molecule has 21 heavy (non-hydrogen) atoms. The van der Waals surface area contributed by atoms with Crippen molar-refractivity contribution in [1.82, 2.24) is 4.90 Å². The summed E-state index contributed by atoms with van der Waals surface area (Å²) < 4.78 is 0. The fraction of sp³-hybridized carbons (Fsp3) is 0.684. The van der Waals surface area contributed by atoms with Crippen molar-refractivity contribution in [2.24, 2.45) is 5.73 Å². The maximum absolute atomic E-state index is 6.07. The van der Waals surface area contributed by atoms with Gasteiger partial charge in [0.05, 0.1) is 0 Å². The molecule has 1 aromatic carbocycles. The first-order chi connectivity index (χ1) is 9.93. The largest absolute Gasteiger partial charge is 0.328 e. The molecule has 2 heteroatoms. The van der Waals surface area contributed by atoms with Crippen LogP contribution in [0.25, 0.3) is 0 Å². The Kier molecular flexibility index (Phi) is 5.45. The molecule has 118 valence electrons. The third-order valence-electron chi connectivity index (χ3n) is 5.23. The molecule has 0 saturated heterocycles. The van der Waals surface area contributed by atoms with Gasteiger partial charge in [0, 0.05) is 18.1 Å². The van der Waals surface area contributed by atoms with E-state index < -0.39 is 0 Å². The second-order valence-electron chi connectivity index (χ2n) is 6.89. The summed E-state index contributed by atoms with van der Waals surface area (Å²) >= 11 is 0. The van der Waals surface area contributed by atoms with Gasteiger partial charge in [-0.15, -0.1) is 0 Å². The summed E-state index contributed by atoms with van der Waals surface area (Å²) in [6, 6.07) is 6.27. The lowest BCUT2D eigenvalue weighted by Gasteiger charge is -2.40. The zero-order valence-electron chi connectivity index (χ0n) is 14.4. The Morgan fingerprint density at radius 2 is 1.62 bits per heavy atom. The molecule has 1 aliphatic carbocycles. The SMILES string of the molecule is CCN(C1CCC(N)CC1)C(C)c1c(C)cc(C)cc1C. The van der Waals surface area contributed by atoms with E-state index in [1.807, 2.05) is 0 Å². The lowest BCUT2D eigenvalue weighted by Crippen LogP contribution is -2.42. The molecule has 0 aromatic heterocycles. The Hall–Kier alpha value is -0.860. The lowest BCUT2D eigenvalue weighted by molar-refractivity contribution is 0.114. The second kappa shape index (κ2) is 6.93. The Bertz CT molecular complexity index is 449. The van der Waals surface area contributed by atoms with Crippen molar-refractivity contribution >= 4 is 0 Å². The van der Waals surface area contributed by atoms with Crippen LogP contribution in [0.5, 0.6) is 0 Å². The monoisotopic (exact) mass is 288 g/mol. The molecule has 0 heterocycles. The molecule has 1 aromatic rings. The van der Waals surface area contributed by atoms with Crippen LogP contribution in [0, 0.1) is 20.8 Å². The number of nitrogens with zero attached hydrogens (tertiary/aromatic N) is 1. The summed E-state index contributed by atoms with van der Waals surface area (Å²) in [6.45, 7) is 12.5. The molecule has 2 N–H and O–H groups in total. The third kappa shape index (κ3) is 3.67. The van der Waals surface area contributed by atoms with Crippen LogP contribution in [0.3, 0.4) is 0 Å². The smallest absolute Gasteiger partial charge is 0.0327 e. The molecular formula is C19H32N2. The van der Waals surface area contributed by atoms with Gasteiger partial charge in [0.15, 0.2) is 0 Å². The topological polar surface area (TPSA) is 29.3 Å². The zero-order chi connectivity index (χ0) is 15.6. The zero-order valence-corrected chi connectivity index (χ0v) is 14.4. The minimum Gasteiger partial charge on any atom is -0.328 e. The molecule has 0 aliphatic heterocycles. The Morgan fingerprint density at radius 1 is 1.10 bits per heavy atom. The molecule has 0 spiro atoms. The maximum Gasteiger partial charge on any atom is 0.0327 e. The first-order valence-corrected chi connectivity index (χ1v) is 8.53. The summed E-state index contributed by atoms with van der Waals surface area (Å²) in [4.78, 5) is 2.69. The van der Waals surface area contributed by atoms with Crippen molar-refractivity contribution in [3.63, 3.8) is 0 Å². The lowest BCUT2D eigenvalue weighted by atomic mass is 9.87. The minimum atomic E-state index is 0.429. The highest BCUT2D eigenvalue weighted by molar-refractivity contribution is 5.39. The number of rotatable bonds is 4. The second-order valence-corrected chi connectivity index (χ2v) is 6.89. The van der Waals surface area contributed by atoms with Crippen molar-refractivity contribution in [1.29, 1.82) is 0 Å². The predicted molar refractivity (Wildman–Crippen MR) is 91.7 cm³/mol. The van der Waals surface area contributed by atoms with Gasteiger partial charge in [-0.1, -0.05) is 24.6 Å². The molecule has 1 saturated carbocycles. The highest BCUT2D eigenvalue weighted by Crippen LogP contribution is 2.33. The van der Waals surface area contributed by atoms with Crippen molar-refractivity contribution in [3.8, 4) is 0 Å². The summed E-state index contributed by atoms with van der Waals surface area (Å²) in [5.74, 6) is 0. The van der Waals surface area contributed by atoms with Crippen molar-refractivity contribution < 1.29 is 0 Å². The maximum atomic E-state index is 6.07. The van der Waals surface area contributed by atoms with Crippen LogP contribution in [0.2, 0.25) is 0 Å². The van der Waals surface area contributed by atoms with E-state index in [1.54, 1.807) is 0 Å². The average molecular weight is 288 g/mol. The van der Waals surface area contributed by atoms with Gasteiger partial charge in [0.2, 0.25) is 0 Å². The van der Waals surface area contributed by atoms with Crippen molar-refractivity contribution in [2.45, 2.75) is 78.4 Å². The molecule has 2 rings (SSSR count). The van der Waals surface area contributed by atoms with Crippen LogP contribution in [0.1, 0.15) is 67.8 Å². The molecule has 1 atom stereocenters. The number of hydrogen-bond donors (Lipinski definition) is 1. The van der Waals surface area contributed by atoms with E-state index in [-0.39, 0.29) is 0 Å². The van der Waals surface area contributed by atoms with Crippen LogP contribution in [0.4, 0.5) is 0 Å². The van der Waals surface area contributed by atoms with Crippen molar-refractivity contribution in [2.75, 3.05) is 6.54 Å². The first-order valence-electron chi connectivity index (χ1n) is 8.53. The van der Waals surface area contributed by atoms with Crippen molar-refractivity contribution in [3.05, 3.63) is 34.4 Å². The van der Waals surface area contributed by atoms with Crippen LogP contribution in [-0.4, -0.2) is 23.5 Å². The van der Waals surface area contributed by atoms with Gasteiger partial charge in [-0.05, 0) is 76.6 Å². The van der Waals surface area contributed by atoms with E-state index in [4.69, 9.17) is 5.73 Å². The molecule has 2 nitrogen and oxygen atoms in total. The Labute approximate surface area is 130 Å². The fourth-order valence-electron chi connectivity index (χ4n) is 4.30. The van der Waals surface area contributed by atoms with E-state index >= 15 is 0 Å². The Morgan fingerprint density at radius 3 is 2.10 bits per heavy atom. The van der Waals surface area contributed by atoms with Gasteiger partial charge in [0.1, 0.15) is 0 Å². The molecule has 1 fully saturated rings. The highest BCUT2D eigenvalue weighted by Gasteiger charge is 2.28. The molecule has 0 radical (unpaired) electrons. The quantitative estimate of drug-likeness (QED) is 0.896. The average Bonchev–Trinajstić information content (AvgIpc) is 2.40. The molecular weight excluding hydrogens is 256 g/mol. The number of hydrogen-bond acceptors (Lipinski definition) is 2. The van der Waals surface area contributed by atoms with Crippen LogP contribution in [0.15, 0.2) is 12.1 Å². The van der Waals surface area contributed by atoms with E-state index in [0.717, 1.165) is 6.54 Å². The van der Waals surface area contributed by atoms with Gasteiger partial charge >= 0.3 is 0 Å². The highest BCUT2D eigenvalue weighted by atomic mass is 15.2. The third-order valence-corrected chi connectivity index (χ3v) is 5.23. The molecule has 1 aliphatic rings. The molecule has 0 amide bonds. The summed E-state index contributed by atoms with van der Waals surface area (Å²) in [5, 5.41) is 0. The van der Waals surface area contributed by atoms with Crippen LogP contribution >= 0.6 is 0 Å². The number of nitrogens with two attached hydrogens (primary N) is 1. The van der Waals surface area contributed by atoms with Gasteiger partial charge in [0.25, 0.3) is 0 Å². The summed E-state index contributed by atoms with van der Waals surface area (Å²) in [6.07, 6.45) is 4.87. The van der Waals surface area contributed by atoms with Gasteiger partial charge in [-0.3, -0.25) is 4.90 Å². The van der Waals surface area contributed by atoms with E-state index in [1.165, 1.54) is 47.9 Å². The van der Waals surface area contributed by atoms with Gasteiger partial charge in [-0.2, -0.15) is 0 Å². The summed E-state index contributed by atoms with van der Waals surface area (Å²) in [7, 11) is 0. The molecule has 1 unspecified atom stereocenters. The van der Waals surface area contributed by atoms with Gasteiger partial charge < -0.3 is 5.73 Å². The number of aryl methyl sites for hydroxylation is 3.